The Bertz CT molecular complexity index is 327. The highest BCUT2D eigenvalue weighted by atomic mass is 32.1. The molecule has 0 bridgehead atoms. The van der Waals surface area contributed by atoms with Gasteiger partial charge in [-0.1, -0.05) is 13.3 Å². The van der Waals surface area contributed by atoms with E-state index in [0.717, 1.165) is 38.0 Å². The Labute approximate surface area is 101 Å². The first-order chi connectivity index (χ1) is 7.79. The van der Waals surface area contributed by atoms with Crippen molar-refractivity contribution in [2.75, 3.05) is 6.54 Å². The van der Waals surface area contributed by atoms with Crippen LogP contribution in [0.5, 0.6) is 0 Å². The molecule has 0 spiro atoms. The molecule has 0 amide bonds. The van der Waals surface area contributed by atoms with E-state index in [-0.39, 0.29) is 6.10 Å². The molecule has 3 nitrogen and oxygen atoms in total. The number of nitrogens with one attached hydrogen (secondary N) is 1. The molecule has 1 heterocycles. The van der Waals surface area contributed by atoms with Gasteiger partial charge in [0.05, 0.1) is 16.8 Å². The van der Waals surface area contributed by atoms with E-state index < -0.39 is 0 Å². The van der Waals surface area contributed by atoms with E-state index in [1.54, 1.807) is 11.3 Å². The highest BCUT2D eigenvalue weighted by Gasteiger charge is 2.24. The molecule has 0 aromatic carbocycles. The van der Waals surface area contributed by atoms with Crippen LogP contribution in [-0.2, 0) is 13.0 Å². The Balaban J connectivity index is 1.71. The minimum absolute atomic E-state index is 0.0888. The van der Waals surface area contributed by atoms with E-state index in [4.69, 9.17) is 0 Å². The van der Waals surface area contributed by atoms with Crippen LogP contribution in [0.1, 0.15) is 36.9 Å². The molecule has 2 rings (SSSR count). The molecule has 2 atom stereocenters. The average Bonchev–Trinajstić information content (AvgIpc) is 2.89. The molecule has 0 saturated heterocycles. The number of nitrogens with zero attached hydrogens (tertiary/aromatic N) is 1. The number of aliphatic hydroxyl groups excluding tert-OH is 1. The maximum atomic E-state index is 9.67. The lowest BCUT2D eigenvalue weighted by Gasteiger charge is -2.14. The fourth-order valence-electron chi connectivity index (χ4n) is 2.23. The van der Waals surface area contributed by atoms with Gasteiger partial charge in [-0.2, -0.15) is 0 Å². The van der Waals surface area contributed by atoms with E-state index in [1.165, 1.54) is 11.4 Å². The third-order valence-corrected chi connectivity index (χ3v) is 4.28. The SMILES string of the molecule is CCc1nc(CNCC2CCCC2O)cs1. The van der Waals surface area contributed by atoms with E-state index in [1.807, 2.05) is 0 Å². The summed E-state index contributed by atoms with van der Waals surface area (Å²) in [5, 5.41) is 16.4. The molecule has 4 heteroatoms. The summed E-state index contributed by atoms with van der Waals surface area (Å²) in [6.45, 7) is 3.88. The van der Waals surface area contributed by atoms with Gasteiger partial charge in [0.1, 0.15) is 0 Å². The van der Waals surface area contributed by atoms with Crippen LogP contribution < -0.4 is 5.32 Å². The lowest BCUT2D eigenvalue weighted by atomic mass is 10.1. The summed E-state index contributed by atoms with van der Waals surface area (Å²) < 4.78 is 0. The van der Waals surface area contributed by atoms with Crippen LogP contribution in [0.4, 0.5) is 0 Å². The second-order valence-electron chi connectivity index (χ2n) is 4.48. The summed E-state index contributed by atoms with van der Waals surface area (Å²) in [6, 6.07) is 0. The fourth-order valence-corrected chi connectivity index (χ4v) is 2.98. The molecule has 1 aliphatic carbocycles. The Morgan fingerprint density at radius 2 is 2.44 bits per heavy atom. The van der Waals surface area contributed by atoms with Crippen LogP contribution in [0.25, 0.3) is 0 Å². The van der Waals surface area contributed by atoms with Crippen LogP contribution in [0.3, 0.4) is 0 Å². The van der Waals surface area contributed by atoms with Crippen molar-refractivity contribution >= 4 is 11.3 Å². The third kappa shape index (κ3) is 3.03. The first-order valence-electron chi connectivity index (χ1n) is 6.11. The summed E-state index contributed by atoms with van der Waals surface area (Å²) in [5.74, 6) is 0.448. The maximum Gasteiger partial charge on any atom is 0.0926 e. The number of thiazole rings is 1. The van der Waals surface area contributed by atoms with Crippen molar-refractivity contribution in [3.8, 4) is 0 Å². The van der Waals surface area contributed by atoms with E-state index in [0.29, 0.717) is 5.92 Å². The molecule has 0 aliphatic heterocycles. The topological polar surface area (TPSA) is 45.2 Å². The minimum Gasteiger partial charge on any atom is -0.393 e. The van der Waals surface area contributed by atoms with Gasteiger partial charge in [0.2, 0.25) is 0 Å². The monoisotopic (exact) mass is 240 g/mol. The van der Waals surface area contributed by atoms with Gasteiger partial charge in [0, 0.05) is 18.5 Å². The van der Waals surface area contributed by atoms with Gasteiger partial charge in [0.25, 0.3) is 0 Å². The third-order valence-electron chi connectivity index (χ3n) is 3.23. The van der Waals surface area contributed by atoms with E-state index in [2.05, 4.69) is 22.6 Å². The molecule has 2 unspecified atom stereocenters. The van der Waals surface area contributed by atoms with Crippen molar-refractivity contribution < 1.29 is 5.11 Å². The molecule has 1 fully saturated rings. The zero-order valence-electron chi connectivity index (χ0n) is 9.78. The van der Waals surface area contributed by atoms with Gasteiger partial charge in [-0.3, -0.25) is 0 Å². The largest absolute Gasteiger partial charge is 0.393 e. The zero-order valence-corrected chi connectivity index (χ0v) is 10.6. The first-order valence-corrected chi connectivity index (χ1v) is 6.99. The fraction of sp³-hybridized carbons (Fsp3) is 0.750. The van der Waals surface area contributed by atoms with Crippen molar-refractivity contribution in [1.82, 2.24) is 10.3 Å². The smallest absolute Gasteiger partial charge is 0.0926 e. The molecule has 1 aromatic rings. The molecular weight excluding hydrogens is 220 g/mol. The summed E-state index contributed by atoms with van der Waals surface area (Å²) in [6.07, 6.45) is 4.24. The molecular formula is C12H20N2OS. The Morgan fingerprint density at radius 3 is 3.06 bits per heavy atom. The molecule has 2 N–H and O–H groups in total. The number of hydrogen-bond acceptors (Lipinski definition) is 4. The number of hydrogen-bond donors (Lipinski definition) is 2. The highest BCUT2D eigenvalue weighted by Crippen LogP contribution is 2.24. The summed E-state index contributed by atoms with van der Waals surface area (Å²) in [4.78, 5) is 4.51. The number of aliphatic hydroxyl groups is 1. The van der Waals surface area contributed by atoms with Crippen LogP contribution in [0.15, 0.2) is 5.38 Å². The quantitative estimate of drug-likeness (QED) is 0.827. The minimum atomic E-state index is -0.0888. The Morgan fingerprint density at radius 1 is 1.56 bits per heavy atom. The Kier molecular flexibility index (Phi) is 4.32. The van der Waals surface area contributed by atoms with Gasteiger partial charge < -0.3 is 10.4 Å². The predicted octanol–water partition coefficient (Wildman–Crippen LogP) is 1.96. The molecule has 16 heavy (non-hydrogen) atoms. The van der Waals surface area contributed by atoms with Crippen molar-refractivity contribution in [3.63, 3.8) is 0 Å². The van der Waals surface area contributed by atoms with Crippen LogP contribution >= 0.6 is 11.3 Å². The van der Waals surface area contributed by atoms with E-state index >= 15 is 0 Å². The number of rotatable bonds is 5. The summed E-state index contributed by atoms with van der Waals surface area (Å²) in [7, 11) is 0. The second kappa shape index (κ2) is 5.75. The summed E-state index contributed by atoms with van der Waals surface area (Å²) >= 11 is 1.73. The number of aryl methyl sites for hydroxylation is 1. The highest BCUT2D eigenvalue weighted by molar-refractivity contribution is 7.09. The van der Waals surface area contributed by atoms with E-state index in [9.17, 15) is 5.11 Å². The molecule has 1 saturated carbocycles. The van der Waals surface area contributed by atoms with Gasteiger partial charge in [-0.05, 0) is 25.2 Å². The van der Waals surface area contributed by atoms with Crippen molar-refractivity contribution in [3.05, 3.63) is 16.1 Å². The lowest BCUT2D eigenvalue weighted by Crippen LogP contribution is -2.27. The van der Waals surface area contributed by atoms with Gasteiger partial charge >= 0.3 is 0 Å². The van der Waals surface area contributed by atoms with Gasteiger partial charge in [-0.15, -0.1) is 11.3 Å². The van der Waals surface area contributed by atoms with Crippen molar-refractivity contribution in [2.24, 2.45) is 5.92 Å². The molecule has 0 radical (unpaired) electrons. The van der Waals surface area contributed by atoms with Gasteiger partial charge in [-0.25, -0.2) is 4.98 Å². The molecule has 1 aromatic heterocycles. The second-order valence-corrected chi connectivity index (χ2v) is 5.42. The van der Waals surface area contributed by atoms with Crippen molar-refractivity contribution in [1.29, 1.82) is 0 Å². The van der Waals surface area contributed by atoms with Crippen LogP contribution in [-0.4, -0.2) is 22.7 Å². The standard InChI is InChI=1S/C12H20N2OS/c1-2-12-14-10(8-16-12)7-13-6-9-4-3-5-11(9)15/h8-9,11,13,15H,2-7H2,1H3. The summed E-state index contributed by atoms with van der Waals surface area (Å²) in [5.41, 5.74) is 1.13. The Hall–Kier alpha value is -0.450. The lowest BCUT2D eigenvalue weighted by molar-refractivity contribution is 0.131. The van der Waals surface area contributed by atoms with Crippen molar-refractivity contribution in [2.45, 2.75) is 45.3 Å². The first kappa shape index (κ1) is 12.0. The molecule has 90 valence electrons. The van der Waals surface area contributed by atoms with Crippen LogP contribution in [0.2, 0.25) is 0 Å². The average molecular weight is 240 g/mol. The normalized spacial score (nSPS) is 25.1. The number of aromatic nitrogens is 1. The van der Waals surface area contributed by atoms with Crippen LogP contribution in [0, 0.1) is 5.92 Å². The van der Waals surface area contributed by atoms with Gasteiger partial charge in [0.15, 0.2) is 0 Å². The molecule has 1 aliphatic rings. The zero-order chi connectivity index (χ0) is 11.4. The predicted molar refractivity (Wildman–Crippen MR) is 66.5 cm³/mol. The maximum absolute atomic E-state index is 9.67.